The first-order valence-corrected chi connectivity index (χ1v) is 11.4. The third-order valence-corrected chi connectivity index (χ3v) is 7.22. The number of ether oxygens (including phenoxy) is 1. The number of rotatable bonds is 7. The molecule has 3 heterocycles. The molecule has 3 fully saturated rings. The van der Waals surface area contributed by atoms with E-state index in [4.69, 9.17) is 10.5 Å². The molecule has 0 aromatic carbocycles. The van der Waals surface area contributed by atoms with Crippen LogP contribution >= 0.6 is 11.3 Å². The van der Waals surface area contributed by atoms with Gasteiger partial charge in [-0.25, -0.2) is 4.68 Å². The van der Waals surface area contributed by atoms with Gasteiger partial charge in [-0.15, -0.1) is 15.3 Å². The molecule has 29 heavy (non-hydrogen) atoms. The number of anilines is 2. The largest absolute Gasteiger partial charge is 0.376 e. The van der Waals surface area contributed by atoms with E-state index in [1.54, 1.807) is 0 Å². The quantitative estimate of drug-likeness (QED) is 0.725. The summed E-state index contributed by atoms with van der Waals surface area (Å²) in [5.74, 6) is 1.98. The molecular formula is C19H30N8OS. The van der Waals surface area contributed by atoms with Gasteiger partial charge in [0.25, 0.3) is 0 Å². The molecule has 0 bridgehead atoms. The van der Waals surface area contributed by atoms with Gasteiger partial charge in [0.15, 0.2) is 0 Å². The first-order chi connectivity index (χ1) is 14.0. The lowest BCUT2D eigenvalue weighted by atomic mass is 9.77. The summed E-state index contributed by atoms with van der Waals surface area (Å²) >= 11 is 1.48. The lowest BCUT2D eigenvalue weighted by Crippen LogP contribution is -2.38. The number of nitrogens with zero attached hydrogens (tertiary/aromatic N) is 7. The lowest BCUT2D eigenvalue weighted by molar-refractivity contribution is -0.0375. The van der Waals surface area contributed by atoms with Gasteiger partial charge in [0, 0.05) is 26.2 Å². The van der Waals surface area contributed by atoms with Gasteiger partial charge in [-0.05, 0) is 57.5 Å². The summed E-state index contributed by atoms with van der Waals surface area (Å²) in [6, 6.07) is 0.248. The van der Waals surface area contributed by atoms with E-state index in [1.165, 1.54) is 24.2 Å². The first-order valence-electron chi connectivity index (χ1n) is 10.6. The average Bonchev–Trinajstić information content (AvgIpc) is 3.03. The maximum absolute atomic E-state index is 6.45. The van der Waals surface area contributed by atoms with Crippen LogP contribution in [-0.4, -0.2) is 70.0 Å². The van der Waals surface area contributed by atoms with Crippen molar-refractivity contribution in [1.82, 2.24) is 30.1 Å². The van der Waals surface area contributed by atoms with Gasteiger partial charge in [-0.2, -0.15) is 0 Å². The van der Waals surface area contributed by atoms with Gasteiger partial charge in [-0.1, -0.05) is 16.6 Å². The number of nitrogen functional groups attached to an aromatic ring is 1. The van der Waals surface area contributed by atoms with Crippen molar-refractivity contribution >= 4 is 21.6 Å². The maximum atomic E-state index is 6.45. The van der Waals surface area contributed by atoms with Crippen LogP contribution in [0.3, 0.4) is 0 Å². The first kappa shape index (κ1) is 19.2. The Morgan fingerprint density at radius 3 is 2.66 bits per heavy atom. The number of aromatic nitrogens is 5. The van der Waals surface area contributed by atoms with E-state index >= 15 is 0 Å². The van der Waals surface area contributed by atoms with E-state index in [1.807, 2.05) is 0 Å². The van der Waals surface area contributed by atoms with Gasteiger partial charge in [0.05, 0.1) is 24.0 Å². The zero-order valence-electron chi connectivity index (χ0n) is 17.1. The predicted octanol–water partition coefficient (Wildman–Crippen LogP) is 1.66. The molecule has 158 valence electrons. The van der Waals surface area contributed by atoms with Crippen molar-refractivity contribution in [2.75, 3.05) is 44.4 Å². The Bertz CT molecular complexity index is 834. The fraction of sp³-hybridized carbons (Fsp3) is 0.789. The number of nitrogens with two attached hydrogens (primary N) is 1. The standard InChI is InChI=1S/C19H30N8OS/c1-25(2)9-15-10-27(24-21-15)16-5-13-7-26(19-23-22-18(20)29-19)8-14(13)6-17(16)28-11-12-3-4-12/h10,12-14,16-17H,3-9,11H2,1-2H3,(H2,20,22)/t13-,14+,16-,17-/m1/s1. The minimum absolute atomic E-state index is 0.199. The normalized spacial score (nSPS) is 29.6. The van der Waals surface area contributed by atoms with Crippen molar-refractivity contribution in [3.8, 4) is 0 Å². The molecule has 0 radical (unpaired) electrons. The molecule has 2 aliphatic carbocycles. The topological polar surface area (TPSA) is 98.2 Å². The predicted molar refractivity (Wildman–Crippen MR) is 112 cm³/mol. The highest BCUT2D eigenvalue weighted by Crippen LogP contribution is 2.44. The number of hydrogen-bond donors (Lipinski definition) is 1. The number of hydrogen-bond acceptors (Lipinski definition) is 9. The molecule has 3 aliphatic rings. The molecule has 4 atom stereocenters. The molecule has 2 aromatic rings. The number of fused-ring (bicyclic) bond motifs is 1. The SMILES string of the molecule is CN(C)Cc1cn([C@@H]2C[C@@H]3CN(c4nnc(N)s4)C[C@@H]3C[C@H]2OCC2CC2)nn1. The van der Waals surface area contributed by atoms with Gasteiger partial charge in [0.1, 0.15) is 0 Å². The van der Waals surface area contributed by atoms with Crippen molar-refractivity contribution in [3.05, 3.63) is 11.9 Å². The van der Waals surface area contributed by atoms with Gasteiger partial charge >= 0.3 is 0 Å². The zero-order chi connectivity index (χ0) is 20.0. The van der Waals surface area contributed by atoms with E-state index in [-0.39, 0.29) is 12.1 Å². The van der Waals surface area contributed by atoms with Crippen molar-refractivity contribution in [2.45, 2.75) is 44.4 Å². The fourth-order valence-electron chi connectivity index (χ4n) is 4.77. The highest BCUT2D eigenvalue weighted by molar-refractivity contribution is 7.18. The highest BCUT2D eigenvalue weighted by Gasteiger charge is 2.45. The summed E-state index contributed by atoms with van der Waals surface area (Å²) in [6.45, 7) is 3.70. The van der Waals surface area contributed by atoms with Gasteiger partial charge in [-0.3, -0.25) is 0 Å². The average molecular weight is 419 g/mol. The van der Waals surface area contributed by atoms with E-state index in [0.29, 0.717) is 17.0 Å². The third-order valence-electron chi connectivity index (χ3n) is 6.40. The second kappa shape index (κ2) is 7.81. The molecule has 0 unspecified atom stereocenters. The molecule has 1 aliphatic heterocycles. The Hall–Kier alpha value is -1.78. The van der Waals surface area contributed by atoms with Crippen LogP contribution in [0.25, 0.3) is 0 Å². The smallest absolute Gasteiger partial charge is 0.210 e. The van der Waals surface area contributed by atoms with E-state index < -0.39 is 0 Å². The Morgan fingerprint density at radius 1 is 1.17 bits per heavy atom. The van der Waals surface area contributed by atoms with Crippen molar-refractivity contribution < 1.29 is 4.74 Å². The van der Waals surface area contributed by atoms with Crippen LogP contribution in [0.1, 0.15) is 37.4 Å². The maximum Gasteiger partial charge on any atom is 0.210 e. The van der Waals surface area contributed by atoms with E-state index in [9.17, 15) is 0 Å². The van der Waals surface area contributed by atoms with Crippen LogP contribution in [0.5, 0.6) is 0 Å². The van der Waals surface area contributed by atoms with Crippen molar-refractivity contribution in [1.29, 1.82) is 0 Å². The Balaban J connectivity index is 1.32. The van der Waals surface area contributed by atoms with Crippen LogP contribution in [0.4, 0.5) is 10.3 Å². The van der Waals surface area contributed by atoms with Crippen molar-refractivity contribution in [3.63, 3.8) is 0 Å². The van der Waals surface area contributed by atoms with Crippen molar-refractivity contribution in [2.24, 2.45) is 17.8 Å². The van der Waals surface area contributed by atoms with Crippen LogP contribution in [0.15, 0.2) is 6.20 Å². The van der Waals surface area contributed by atoms with Crippen LogP contribution in [-0.2, 0) is 11.3 Å². The monoisotopic (exact) mass is 418 g/mol. The summed E-state index contributed by atoms with van der Waals surface area (Å²) in [4.78, 5) is 4.47. The molecule has 5 rings (SSSR count). The van der Waals surface area contributed by atoms with Crippen LogP contribution in [0, 0.1) is 17.8 Å². The molecule has 0 amide bonds. The summed E-state index contributed by atoms with van der Waals surface area (Å²) in [6.07, 6.45) is 7.06. The van der Waals surface area contributed by atoms with Gasteiger partial charge < -0.3 is 20.3 Å². The minimum atomic E-state index is 0.199. The molecular weight excluding hydrogens is 388 g/mol. The third kappa shape index (κ3) is 4.24. The van der Waals surface area contributed by atoms with Gasteiger partial charge in [0.2, 0.25) is 10.3 Å². The molecule has 0 spiro atoms. The molecule has 2 N–H and O–H groups in total. The fourth-order valence-corrected chi connectivity index (χ4v) is 5.40. The highest BCUT2D eigenvalue weighted by atomic mass is 32.1. The van der Waals surface area contributed by atoms with Crippen LogP contribution < -0.4 is 10.6 Å². The lowest BCUT2D eigenvalue weighted by Gasteiger charge is -2.37. The van der Waals surface area contributed by atoms with E-state index in [2.05, 4.69) is 55.3 Å². The Morgan fingerprint density at radius 2 is 1.97 bits per heavy atom. The molecule has 1 saturated heterocycles. The molecule has 9 nitrogen and oxygen atoms in total. The Kier molecular flexibility index (Phi) is 5.17. The second-order valence-corrected chi connectivity index (χ2v) is 10.1. The molecule has 2 aromatic heterocycles. The minimum Gasteiger partial charge on any atom is -0.376 e. The molecule has 2 saturated carbocycles. The Labute approximate surface area is 175 Å². The molecule has 10 heteroatoms. The van der Waals surface area contributed by atoms with E-state index in [0.717, 1.165) is 55.8 Å². The summed E-state index contributed by atoms with van der Waals surface area (Å²) in [5, 5.41) is 18.6. The summed E-state index contributed by atoms with van der Waals surface area (Å²) < 4.78 is 8.52. The summed E-state index contributed by atoms with van der Waals surface area (Å²) in [7, 11) is 4.11. The summed E-state index contributed by atoms with van der Waals surface area (Å²) in [5.41, 5.74) is 6.81. The second-order valence-electron chi connectivity index (χ2n) is 9.13. The zero-order valence-corrected chi connectivity index (χ0v) is 18.0. The van der Waals surface area contributed by atoms with Crippen LogP contribution in [0.2, 0.25) is 0 Å².